The number of ether oxygens (including phenoxy) is 1. The quantitative estimate of drug-likeness (QED) is 0.932. The Kier molecular flexibility index (Phi) is 4.78. The summed E-state index contributed by atoms with van der Waals surface area (Å²) in [6, 6.07) is 8.01. The second-order valence-electron chi connectivity index (χ2n) is 5.70. The van der Waals surface area contributed by atoms with Crippen molar-refractivity contribution >= 4 is 17.5 Å². The van der Waals surface area contributed by atoms with Crippen molar-refractivity contribution < 1.29 is 9.53 Å². The molecule has 0 bridgehead atoms. The summed E-state index contributed by atoms with van der Waals surface area (Å²) in [7, 11) is 0. The lowest BCUT2D eigenvalue weighted by Gasteiger charge is -2.29. The molecule has 0 radical (unpaired) electrons. The molecule has 21 heavy (non-hydrogen) atoms. The first-order chi connectivity index (χ1) is 10.2. The van der Waals surface area contributed by atoms with Crippen LogP contribution in [0.2, 0.25) is 5.02 Å². The molecule has 2 unspecified atom stereocenters. The van der Waals surface area contributed by atoms with Gasteiger partial charge in [-0.05, 0) is 30.5 Å². The Morgan fingerprint density at radius 1 is 1.48 bits per heavy atom. The Morgan fingerprint density at radius 3 is 3.14 bits per heavy atom. The summed E-state index contributed by atoms with van der Waals surface area (Å²) in [5.74, 6) is 0.186. The van der Waals surface area contributed by atoms with Crippen LogP contribution in [0.5, 0.6) is 0 Å². The number of morpholine rings is 1. The first-order valence-corrected chi connectivity index (χ1v) is 7.99. The third-order valence-electron chi connectivity index (χ3n) is 4.21. The second-order valence-corrected chi connectivity index (χ2v) is 6.14. The summed E-state index contributed by atoms with van der Waals surface area (Å²) in [5, 5.41) is 4.00. The zero-order valence-electron chi connectivity index (χ0n) is 12.1. The van der Waals surface area contributed by atoms with E-state index in [1.54, 1.807) is 0 Å². The summed E-state index contributed by atoms with van der Waals surface area (Å²) < 4.78 is 5.64. The Balaban J connectivity index is 1.67. The van der Waals surface area contributed by atoms with Crippen molar-refractivity contribution in [3.05, 3.63) is 34.9 Å². The van der Waals surface area contributed by atoms with Crippen LogP contribution in [-0.2, 0) is 9.53 Å². The van der Waals surface area contributed by atoms with E-state index >= 15 is 0 Å². The summed E-state index contributed by atoms with van der Waals surface area (Å²) in [5.41, 5.74) is 1.14. The number of benzene rings is 1. The van der Waals surface area contributed by atoms with Crippen LogP contribution in [0.3, 0.4) is 0 Å². The highest BCUT2D eigenvalue weighted by molar-refractivity contribution is 6.30. The van der Waals surface area contributed by atoms with Crippen molar-refractivity contribution in [3.63, 3.8) is 0 Å². The average molecular weight is 309 g/mol. The standard InChI is InChI=1S/C16H21ClN2O2/c17-13-4-1-3-12(9-13)15-5-2-7-19(15)16(20)10-14-11-18-6-8-21-14/h1,3-4,9,14-15,18H,2,5-8,10-11H2. The number of carbonyl (C=O) groups excluding carboxylic acids is 1. The van der Waals surface area contributed by atoms with Crippen LogP contribution in [0.1, 0.15) is 30.9 Å². The van der Waals surface area contributed by atoms with Crippen molar-refractivity contribution in [1.29, 1.82) is 0 Å². The van der Waals surface area contributed by atoms with Gasteiger partial charge in [-0.1, -0.05) is 23.7 Å². The number of likely N-dealkylation sites (tertiary alicyclic amines) is 1. The van der Waals surface area contributed by atoms with E-state index in [2.05, 4.69) is 11.4 Å². The number of halogens is 1. The Bertz CT molecular complexity index is 503. The molecule has 2 atom stereocenters. The highest BCUT2D eigenvalue weighted by Gasteiger charge is 2.31. The SMILES string of the molecule is O=C(CC1CNCCO1)N1CCCC1c1cccc(Cl)c1. The van der Waals surface area contributed by atoms with Gasteiger partial charge in [-0.25, -0.2) is 0 Å². The molecule has 4 nitrogen and oxygen atoms in total. The first kappa shape index (κ1) is 14.8. The number of amides is 1. The molecule has 0 spiro atoms. The van der Waals surface area contributed by atoms with Crippen LogP contribution < -0.4 is 5.32 Å². The van der Waals surface area contributed by atoms with Crippen LogP contribution in [0.25, 0.3) is 0 Å². The molecule has 0 aliphatic carbocycles. The van der Waals surface area contributed by atoms with Gasteiger partial charge in [-0.15, -0.1) is 0 Å². The molecule has 0 saturated carbocycles. The van der Waals surface area contributed by atoms with Crippen LogP contribution in [0.4, 0.5) is 0 Å². The highest BCUT2D eigenvalue weighted by atomic mass is 35.5. The van der Waals surface area contributed by atoms with E-state index in [1.807, 2.05) is 23.1 Å². The van der Waals surface area contributed by atoms with E-state index in [0.29, 0.717) is 13.0 Å². The third kappa shape index (κ3) is 3.57. The largest absolute Gasteiger partial charge is 0.375 e. The van der Waals surface area contributed by atoms with Gasteiger partial charge in [0.25, 0.3) is 0 Å². The molecular formula is C16H21ClN2O2. The normalized spacial score (nSPS) is 26.0. The molecule has 1 aromatic carbocycles. The van der Waals surface area contributed by atoms with Crippen LogP contribution in [-0.4, -0.2) is 43.2 Å². The van der Waals surface area contributed by atoms with Gasteiger partial charge in [-0.2, -0.15) is 0 Å². The summed E-state index contributed by atoms with van der Waals surface area (Å²) in [6.07, 6.45) is 2.53. The van der Waals surface area contributed by atoms with Crippen molar-refractivity contribution in [1.82, 2.24) is 10.2 Å². The zero-order chi connectivity index (χ0) is 14.7. The van der Waals surface area contributed by atoms with Gasteiger partial charge in [0.1, 0.15) is 0 Å². The first-order valence-electron chi connectivity index (χ1n) is 7.61. The monoisotopic (exact) mass is 308 g/mol. The number of carbonyl (C=O) groups is 1. The number of nitrogens with zero attached hydrogens (tertiary/aromatic N) is 1. The maximum atomic E-state index is 12.6. The fourth-order valence-corrected chi connectivity index (χ4v) is 3.39. The maximum absolute atomic E-state index is 12.6. The fourth-order valence-electron chi connectivity index (χ4n) is 3.19. The van der Waals surface area contributed by atoms with Crippen LogP contribution >= 0.6 is 11.6 Å². The topological polar surface area (TPSA) is 41.6 Å². The molecule has 1 N–H and O–H groups in total. The van der Waals surface area contributed by atoms with Gasteiger partial charge in [-0.3, -0.25) is 4.79 Å². The molecule has 5 heteroatoms. The average Bonchev–Trinajstić information content (AvgIpc) is 2.98. The molecular weight excluding hydrogens is 288 g/mol. The molecule has 2 heterocycles. The van der Waals surface area contributed by atoms with E-state index in [-0.39, 0.29) is 18.1 Å². The minimum absolute atomic E-state index is 0.00635. The van der Waals surface area contributed by atoms with Crippen molar-refractivity contribution in [2.24, 2.45) is 0 Å². The molecule has 114 valence electrons. The lowest BCUT2D eigenvalue weighted by molar-refractivity contribution is -0.135. The van der Waals surface area contributed by atoms with Gasteiger partial charge >= 0.3 is 0 Å². The number of hydrogen-bond donors (Lipinski definition) is 1. The number of rotatable bonds is 3. The minimum Gasteiger partial charge on any atom is -0.375 e. The van der Waals surface area contributed by atoms with Gasteiger partial charge < -0.3 is 15.0 Å². The van der Waals surface area contributed by atoms with E-state index in [1.165, 1.54) is 0 Å². The maximum Gasteiger partial charge on any atom is 0.225 e. The zero-order valence-corrected chi connectivity index (χ0v) is 12.8. The smallest absolute Gasteiger partial charge is 0.225 e. The Labute approximate surface area is 130 Å². The molecule has 1 aromatic rings. The van der Waals surface area contributed by atoms with E-state index in [9.17, 15) is 4.79 Å². The third-order valence-corrected chi connectivity index (χ3v) is 4.45. The highest BCUT2D eigenvalue weighted by Crippen LogP contribution is 2.33. The molecule has 1 amide bonds. The predicted octanol–water partition coefficient (Wildman–Crippen LogP) is 2.38. The van der Waals surface area contributed by atoms with E-state index in [4.69, 9.17) is 16.3 Å². The van der Waals surface area contributed by atoms with Crippen LogP contribution in [0.15, 0.2) is 24.3 Å². The number of nitrogens with one attached hydrogen (secondary N) is 1. The number of hydrogen-bond acceptors (Lipinski definition) is 3. The van der Waals surface area contributed by atoms with Crippen molar-refractivity contribution in [2.45, 2.75) is 31.4 Å². The predicted molar refractivity (Wildman–Crippen MR) is 82.4 cm³/mol. The second kappa shape index (κ2) is 6.77. The van der Waals surface area contributed by atoms with Gasteiger partial charge in [0.05, 0.1) is 25.2 Å². The van der Waals surface area contributed by atoms with Crippen molar-refractivity contribution in [2.75, 3.05) is 26.2 Å². The molecule has 2 aliphatic rings. The van der Waals surface area contributed by atoms with Gasteiger partial charge in [0, 0.05) is 24.7 Å². The van der Waals surface area contributed by atoms with Gasteiger partial charge in [0.15, 0.2) is 0 Å². The molecule has 2 saturated heterocycles. The summed E-state index contributed by atoms with van der Waals surface area (Å²) >= 11 is 6.07. The molecule has 2 fully saturated rings. The fraction of sp³-hybridized carbons (Fsp3) is 0.562. The Morgan fingerprint density at radius 2 is 2.38 bits per heavy atom. The molecule has 2 aliphatic heterocycles. The lowest BCUT2D eigenvalue weighted by Crippen LogP contribution is -2.42. The van der Waals surface area contributed by atoms with E-state index in [0.717, 1.165) is 43.1 Å². The Hall–Kier alpha value is -1.10. The summed E-state index contributed by atoms with van der Waals surface area (Å²) in [6.45, 7) is 3.16. The lowest BCUT2D eigenvalue weighted by atomic mass is 10.0. The minimum atomic E-state index is 0.00635. The van der Waals surface area contributed by atoms with Crippen molar-refractivity contribution in [3.8, 4) is 0 Å². The van der Waals surface area contributed by atoms with E-state index < -0.39 is 0 Å². The summed E-state index contributed by atoms with van der Waals surface area (Å²) in [4.78, 5) is 14.6. The molecule has 0 aromatic heterocycles. The van der Waals surface area contributed by atoms with Gasteiger partial charge in [0.2, 0.25) is 5.91 Å². The van der Waals surface area contributed by atoms with Crippen LogP contribution in [0, 0.1) is 0 Å². The molecule has 3 rings (SSSR count).